The third-order valence-corrected chi connectivity index (χ3v) is 4.48. The first kappa shape index (κ1) is 14.6. The summed E-state index contributed by atoms with van der Waals surface area (Å²) in [5.41, 5.74) is 3.65. The van der Waals surface area contributed by atoms with Crippen molar-refractivity contribution in [1.82, 2.24) is 0 Å². The monoisotopic (exact) mass is 320 g/mol. The quantitative estimate of drug-likeness (QED) is 0.735. The molecule has 2 aromatic rings. The molecule has 5 heteroatoms. The molecule has 0 amide bonds. The molecule has 24 heavy (non-hydrogen) atoms. The summed E-state index contributed by atoms with van der Waals surface area (Å²) in [5.74, 6) is -0.214. The highest BCUT2D eigenvalue weighted by Crippen LogP contribution is 2.30. The highest BCUT2D eigenvalue weighted by atomic mass is 16.5. The summed E-state index contributed by atoms with van der Waals surface area (Å²) in [6.07, 6.45) is 0. The van der Waals surface area contributed by atoms with E-state index >= 15 is 0 Å². The largest absolute Gasteiger partial charge is 0.507 e. The number of carbonyl (C=O) groups excluding carboxylic acids is 1. The van der Waals surface area contributed by atoms with Crippen LogP contribution in [0.15, 0.2) is 34.3 Å². The first-order valence-electron chi connectivity index (χ1n) is 7.84. The van der Waals surface area contributed by atoms with Gasteiger partial charge in [0.2, 0.25) is 0 Å². The number of benzene rings is 2. The Bertz CT molecular complexity index is 1160. The lowest BCUT2D eigenvalue weighted by atomic mass is 10.0. The van der Waals surface area contributed by atoms with Crippen LogP contribution in [0.4, 0.5) is 11.4 Å². The molecule has 120 valence electrons. The van der Waals surface area contributed by atoms with Crippen molar-refractivity contribution in [2.75, 3.05) is 6.61 Å². The molecular formula is C19H16N2O3. The number of aromatic hydroxyl groups is 1. The van der Waals surface area contributed by atoms with Gasteiger partial charge in [0.15, 0.2) is 5.71 Å². The van der Waals surface area contributed by atoms with Gasteiger partial charge in [-0.2, -0.15) is 0 Å². The van der Waals surface area contributed by atoms with Crippen molar-refractivity contribution in [3.05, 3.63) is 50.8 Å². The van der Waals surface area contributed by atoms with Crippen LogP contribution in [0.25, 0.3) is 5.57 Å². The summed E-state index contributed by atoms with van der Waals surface area (Å²) in [7, 11) is 0. The van der Waals surface area contributed by atoms with Crippen molar-refractivity contribution < 1.29 is 14.6 Å². The van der Waals surface area contributed by atoms with E-state index in [0.717, 1.165) is 43.5 Å². The number of phenolic OH excluding ortho intramolecular Hbond substituents is 1. The molecule has 0 atom stereocenters. The van der Waals surface area contributed by atoms with Gasteiger partial charge in [-0.1, -0.05) is 6.07 Å². The van der Waals surface area contributed by atoms with E-state index in [4.69, 9.17) is 4.74 Å². The Morgan fingerprint density at radius 1 is 1.21 bits per heavy atom. The van der Waals surface area contributed by atoms with Gasteiger partial charge in [-0.3, -0.25) is 0 Å². The first-order chi connectivity index (χ1) is 11.5. The summed E-state index contributed by atoms with van der Waals surface area (Å²) in [6, 6.07) is 7.20. The van der Waals surface area contributed by atoms with Crippen LogP contribution in [0.5, 0.6) is 5.75 Å². The highest BCUT2D eigenvalue weighted by Gasteiger charge is 2.24. The lowest BCUT2D eigenvalue weighted by Crippen LogP contribution is -2.19. The summed E-state index contributed by atoms with van der Waals surface area (Å²) in [6.45, 7) is 5.93. The number of ether oxygens (including phenoxy) is 1. The maximum Gasteiger partial charge on any atom is 0.357 e. The molecule has 0 fully saturated rings. The minimum atomic E-state index is -0.411. The number of aliphatic imine (C=N–C) groups is 1. The Hall–Kier alpha value is -2.95. The number of rotatable bonds is 2. The third kappa shape index (κ3) is 1.84. The van der Waals surface area contributed by atoms with Crippen LogP contribution in [-0.2, 0) is 9.53 Å². The molecule has 0 bridgehead atoms. The number of hydrogen-bond donors (Lipinski definition) is 1. The van der Waals surface area contributed by atoms with E-state index in [9.17, 15) is 9.90 Å². The molecule has 0 saturated heterocycles. The van der Waals surface area contributed by atoms with E-state index in [-0.39, 0.29) is 5.75 Å². The SMILES string of the molecule is CCOC(=O)C1=Nc2cc3c(c(C)c2=C1C)N=c1cccc(O)c1=3. The molecule has 0 aromatic heterocycles. The number of phenols is 1. The van der Waals surface area contributed by atoms with Crippen LogP contribution in [0.1, 0.15) is 19.4 Å². The average molecular weight is 320 g/mol. The minimum Gasteiger partial charge on any atom is -0.507 e. The third-order valence-electron chi connectivity index (χ3n) is 4.48. The van der Waals surface area contributed by atoms with Crippen molar-refractivity contribution >= 4 is 28.6 Å². The van der Waals surface area contributed by atoms with Crippen molar-refractivity contribution in [1.29, 1.82) is 0 Å². The predicted octanol–water partition coefficient (Wildman–Crippen LogP) is 2.07. The second-order valence-electron chi connectivity index (χ2n) is 5.88. The summed E-state index contributed by atoms with van der Waals surface area (Å²) in [4.78, 5) is 21.2. The fourth-order valence-electron chi connectivity index (χ4n) is 3.42. The Kier molecular flexibility index (Phi) is 3.06. The van der Waals surface area contributed by atoms with E-state index in [1.165, 1.54) is 0 Å². The number of fused-ring (bicyclic) bond motifs is 3. The lowest BCUT2D eigenvalue weighted by molar-refractivity contribution is -0.134. The second-order valence-corrected chi connectivity index (χ2v) is 5.88. The molecule has 1 N–H and O–H groups in total. The standard InChI is InChI=1S/C19H16N2O3/c1-4-24-19(23)18-10(3)15-9(2)17-11(8-13(15)21-18)16-12(20-17)6-5-7-14(16)22/h5-8,22H,4H2,1-3H3. The maximum atomic E-state index is 12.1. The topological polar surface area (TPSA) is 71.2 Å². The van der Waals surface area contributed by atoms with Gasteiger partial charge < -0.3 is 9.84 Å². The Morgan fingerprint density at radius 3 is 2.75 bits per heavy atom. The Labute approximate surface area is 138 Å². The van der Waals surface area contributed by atoms with E-state index < -0.39 is 5.97 Å². The number of nitrogens with zero attached hydrogens (tertiary/aromatic N) is 2. The van der Waals surface area contributed by atoms with Gasteiger partial charge in [0.25, 0.3) is 0 Å². The van der Waals surface area contributed by atoms with E-state index in [1.807, 2.05) is 26.0 Å². The van der Waals surface area contributed by atoms with Crippen molar-refractivity contribution in [2.24, 2.45) is 9.98 Å². The average Bonchev–Trinajstić information content (AvgIpc) is 3.08. The smallest absolute Gasteiger partial charge is 0.357 e. The van der Waals surface area contributed by atoms with Crippen LogP contribution >= 0.6 is 0 Å². The molecule has 2 aromatic carbocycles. The molecule has 2 aliphatic rings. The normalized spacial score (nSPS) is 13.8. The van der Waals surface area contributed by atoms with Gasteiger partial charge in [-0.25, -0.2) is 14.8 Å². The molecular weight excluding hydrogens is 304 g/mol. The van der Waals surface area contributed by atoms with Crippen LogP contribution in [0.3, 0.4) is 0 Å². The molecule has 0 spiro atoms. The van der Waals surface area contributed by atoms with Gasteiger partial charge in [0.1, 0.15) is 5.75 Å². The van der Waals surface area contributed by atoms with Gasteiger partial charge in [-0.15, -0.1) is 0 Å². The molecule has 2 aliphatic heterocycles. The molecule has 0 aliphatic carbocycles. The predicted molar refractivity (Wildman–Crippen MR) is 90.2 cm³/mol. The minimum absolute atomic E-state index is 0.197. The maximum absolute atomic E-state index is 12.1. The van der Waals surface area contributed by atoms with Crippen molar-refractivity contribution in [3.63, 3.8) is 0 Å². The van der Waals surface area contributed by atoms with Crippen molar-refractivity contribution in [3.8, 4) is 5.75 Å². The van der Waals surface area contributed by atoms with Gasteiger partial charge in [0, 0.05) is 10.4 Å². The number of hydrogen-bond acceptors (Lipinski definition) is 5. The second kappa shape index (κ2) is 5.03. The zero-order valence-corrected chi connectivity index (χ0v) is 13.7. The van der Waals surface area contributed by atoms with Gasteiger partial charge in [-0.05, 0) is 50.1 Å². The van der Waals surface area contributed by atoms with E-state index in [2.05, 4.69) is 9.98 Å². The van der Waals surface area contributed by atoms with Crippen LogP contribution in [0, 0.1) is 17.4 Å². The van der Waals surface area contributed by atoms with Crippen molar-refractivity contribution in [2.45, 2.75) is 20.8 Å². The number of esters is 1. The van der Waals surface area contributed by atoms with Crippen LogP contribution < -0.4 is 10.6 Å². The fraction of sp³-hybridized carbons (Fsp3) is 0.211. The zero-order chi connectivity index (χ0) is 17.0. The van der Waals surface area contributed by atoms with E-state index in [1.54, 1.807) is 19.1 Å². The van der Waals surface area contributed by atoms with Gasteiger partial charge >= 0.3 is 5.97 Å². The molecule has 4 rings (SSSR count). The van der Waals surface area contributed by atoms with Crippen LogP contribution in [0.2, 0.25) is 0 Å². The summed E-state index contributed by atoms with van der Waals surface area (Å²) < 4.78 is 5.09. The summed E-state index contributed by atoms with van der Waals surface area (Å²) >= 11 is 0. The molecule has 5 nitrogen and oxygen atoms in total. The first-order valence-corrected chi connectivity index (χ1v) is 7.84. The number of carbonyl (C=O) groups is 1. The Morgan fingerprint density at radius 2 is 2.00 bits per heavy atom. The van der Waals surface area contributed by atoms with Gasteiger partial charge in [0.05, 0.1) is 28.6 Å². The summed E-state index contributed by atoms with van der Waals surface area (Å²) in [5, 5.41) is 13.4. The molecule has 0 unspecified atom stereocenters. The van der Waals surface area contributed by atoms with E-state index in [0.29, 0.717) is 12.3 Å². The highest BCUT2D eigenvalue weighted by molar-refractivity contribution is 6.53. The van der Waals surface area contributed by atoms with Crippen LogP contribution in [-0.4, -0.2) is 23.4 Å². The molecule has 2 heterocycles. The molecule has 0 saturated carbocycles. The lowest BCUT2D eigenvalue weighted by Gasteiger charge is -2.03. The Balaban J connectivity index is 2.09. The molecule has 0 radical (unpaired) electrons. The fourth-order valence-corrected chi connectivity index (χ4v) is 3.42. The zero-order valence-electron chi connectivity index (χ0n) is 13.7.